The first-order valence-corrected chi connectivity index (χ1v) is 5.91. The third-order valence-electron chi connectivity index (χ3n) is 2.77. The zero-order valence-corrected chi connectivity index (χ0v) is 10.5. The van der Waals surface area contributed by atoms with Gasteiger partial charge in [0.15, 0.2) is 0 Å². The van der Waals surface area contributed by atoms with Crippen LogP contribution in [-0.4, -0.2) is 21.6 Å². The Kier molecular flexibility index (Phi) is 3.66. The molecule has 0 saturated carbocycles. The second kappa shape index (κ2) is 5.39. The minimum Gasteiger partial charge on any atom is -0.478 e. The van der Waals surface area contributed by atoms with Gasteiger partial charge in [-0.15, -0.1) is 0 Å². The smallest absolute Gasteiger partial charge is 0.335 e. The van der Waals surface area contributed by atoms with E-state index in [1.165, 1.54) is 12.1 Å². The predicted octanol–water partition coefficient (Wildman–Crippen LogP) is 2.46. The van der Waals surface area contributed by atoms with Gasteiger partial charge in [-0.3, -0.25) is 4.79 Å². The van der Waals surface area contributed by atoms with Gasteiger partial charge in [0.2, 0.25) is 0 Å². The number of hydrogen-bond acceptors (Lipinski definition) is 2. The summed E-state index contributed by atoms with van der Waals surface area (Å²) in [6.07, 6.45) is 1.82. The fraction of sp³-hybridized carbons (Fsp3) is 0.143. The monoisotopic (exact) mass is 258 g/mol. The lowest BCUT2D eigenvalue weighted by molar-refractivity contribution is 0.0696. The number of aromatic nitrogens is 1. The number of carbonyl (C=O) groups excluding carboxylic acids is 1. The molecule has 0 aliphatic heterocycles. The summed E-state index contributed by atoms with van der Waals surface area (Å²) in [5.74, 6) is -1.28. The van der Waals surface area contributed by atoms with Gasteiger partial charge in [0, 0.05) is 18.4 Å². The fourth-order valence-corrected chi connectivity index (χ4v) is 1.82. The quantitative estimate of drug-likeness (QED) is 0.884. The molecular formula is C14H14N2O3. The zero-order chi connectivity index (χ0) is 13.8. The predicted molar refractivity (Wildman–Crippen MR) is 71.5 cm³/mol. The van der Waals surface area contributed by atoms with Crippen LogP contribution in [0.2, 0.25) is 0 Å². The summed E-state index contributed by atoms with van der Waals surface area (Å²) < 4.78 is 1.82. The molecule has 0 aliphatic carbocycles. The molecule has 1 aromatic heterocycles. The molecule has 19 heavy (non-hydrogen) atoms. The van der Waals surface area contributed by atoms with Crippen molar-refractivity contribution in [2.24, 2.45) is 0 Å². The number of nitrogens with one attached hydrogen (secondary N) is 1. The first-order valence-electron chi connectivity index (χ1n) is 5.91. The van der Waals surface area contributed by atoms with Crippen molar-refractivity contribution < 1.29 is 14.7 Å². The van der Waals surface area contributed by atoms with Crippen LogP contribution in [0.1, 0.15) is 27.8 Å². The highest BCUT2D eigenvalue weighted by atomic mass is 16.4. The molecule has 1 amide bonds. The van der Waals surface area contributed by atoms with E-state index in [4.69, 9.17) is 5.11 Å². The van der Waals surface area contributed by atoms with Crippen molar-refractivity contribution >= 4 is 17.6 Å². The number of nitrogens with zero attached hydrogens (tertiary/aromatic N) is 1. The average Bonchev–Trinajstić information content (AvgIpc) is 2.87. The van der Waals surface area contributed by atoms with Crippen molar-refractivity contribution in [2.45, 2.75) is 13.5 Å². The van der Waals surface area contributed by atoms with E-state index in [0.29, 0.717) is 17.9 Å². The molecule has 0 fully saturated rings. The van der Waals surface area contributed by atoms with Crippen LogP contribution in [-0.2, 0) is 6.54 Å². The van der Waals surface area contributed by atoms with Gasteiger partial charge in [0.25, 0.3) is 5.91 Å². The molecule has 98 valence electrons. The molecule has 0 aliphatic rings. The number of carboxylic acid groups (broad SMARTS) is 1. The van der Waals surface area contributed by atoms with Gasteiger partial charge in [-0.2, -0.15) is 0 Å². The van der Waals surface area contributed by atoms with E-state index in [2.05, 4.69) is 5.32 Å². The van der Waals surface area contributed by atoms with Crippen LogP contribution in [0.15, 0.2) is 42.6 Å². The summed E-state index contributed by atoms with van der Waals surface area (Å²) in [6, 6.07) is 9.68. The molecule has 1 heterocycles. The third kappa shape index (κ3) is 2.82. The van der Waals surface area contributed by atoms with Crippen molar-refractivity contribution in [1.29, 1.82) is 0 Å². The Morgan fingerprint density at radius 3 is 2.74 bits per heavy atom. The molecule has 5 nitrogen and oxygen atoms in total. The second-order valence-corrected chi connectivity index (χ2v) is 4.02. The van der Waals surface area contributed by atoms with E-state index in [1.807, 2.05) is 17.7 Å². The van der Waals surface area contributed by atoms with Gasteiger partial charge in [0.05, 0.1) is 5.56 Å². The SMILES string of the molecule is CCn1cccc1C(=O)Nc1cccc(C(=O)O)c1. The van der Waals surface area contributed by atoms with Crippen LogP contribution < -0.4 is 5.32 Å². The summed E-state index contributed by atoms with van der Waals surface area (Å²) in [6.45, 7) is 2.65. The third-order valence-corrected chi connectivity index (χ3v) is 2.77. The summed E-state index contributed by atoms with van der Waals surface area (Å²) in [5, 5.41) is 11.6. The number of carboxylic acids is 1. The number of aromatic carboxylic acids is 1. The highest BCUT2D eigenvalue weighted by Crippen LogP contribution is 2.13. The summed E-state index contributed by atoms with van der Waals surface area (Å²) in [4.78, 5) is 22.9. The highest BCUT2D eigenvalue weighted by molar-refractivity contribution is 6.03. The minimum atomic E-state index is -1.02. The van der Waals surface area contributed by atoms with E-state index in [-0.39, 0.29) is 11.5 Å². The van der Waals surface area contributed by atoms with Crippen molar-refractivity contribution in [3.05, 3.63) is 53.9 Å². The van der Waals surface area contributed by atoms with Crippen molar-refractivity contribution in [2.75, 3.05) is 5.32 Å². The van der Waals surface area contributed by atoms with Crippen molar-refractivity contribution in [3.63, 3.8) is 0 Å². The van der Waals surface area contributed by atoms with Gasteiger partial charge < -0.3 is 15.0 Å². The van der Waals surface area contributed by atoms with E-state index in [0.717, 1.165) is 0 Å². The van der Waals surface area contributed by atoms with Crippen LogP contribution in [0, 0.1) is 0 Å². The van der Waals surface area contributed by atoms with Crippen molar-refractivity contribution in [1.82, 2.24) is 4.57 Å². The summed E-state index contributed by atoms with van der Waals surface area (Å²) >= 11 is 0. The Bertz CT molecular complexity index is 617. The largest absolute Gasteiger partial charge is 0.478 e. The standard InChI is InChI=1S/C14H14N2O3/c1-2-16-8-4-7-12(16)13(17)15-11-6-3-5-10(9-11)14(18)19/h3-9H,2H2,1H3,(H,15,17)(H,18,19). The Morgan fingerprint density at radius 1 is 1.26 bits per heavy atom. The highest BCUT2D eigenvalue weighted by Gasteiger charge is 2.11. The second-order valence-electron chi connectivity index (χ2n) is 4.02. The Labute approximate surface area is 110 Å². The topological polar surface area (TPSA) is 71.3 Å². The molecular weight excluding hydrogens is 244 g/mol. The number of anilines is 1. The van der Waals surface area contributed by atoms with Gasteiger partial charge >= 0.3 is 5.97 Å². The number of benzene rings is 1. The van der Waals surface area contributed by atoms with E-state index < -0.39 is 5.97 Å². The van der Waals surface area contributed by atoms with Gasteiger partial charge in [-0.25, -0.2) is 4.79 Å². The molecule has 0 unspecified atom stereocenters. The van der Waals surface area contributed by atoms with E-state index in [9.17, 15) is 9.59 Å². The number of carbonyl (C=O) groups is 2. The van der Waals surface area contributed by atoms with Gasteiger partial charge in [0.1, 0.15) is 5.69 Å². The minimum absolute atomic E-state index is 0.142. The van der Waals surface area contributed by atoms with Gasteiger partial charge in [-0.1, -0.05) is 6.07 Å². The first kappa shape index (κ1) is 12.9. The van der Waals surface area contributed by atoms with E-state index in [1.54, 1.807) is 24.3 Å². The lowest BCUT2D eigenvalue weighted by Crippen LogP contribution is -2.16. The number of amides is 1. The van der Waals surface area contributed by atoms with Crippen molar-refractivity contribution in [3.8, 4) is 0 Å². The lowest BCUT2D eigenvalue weighted by atomic mass is 10.2. The van der Waals surface area contributed by atoms with Crippen LogP contribution in [0.3, 0.4) is 0 Å². The van der Waals surface area contributed by atoms with Crippen LogP contribution >= 0.6 is 0 Å². The van der Waals surface area contributed by atoms with Crippen LogP contribution in [0.4, 0.5) is 5.69 Å². The molecule has 5 heteroatoms. The lowest BCUT2D eigenvalue weighted by Gasteiger charge is -2.08. The molecule has 0 spiro atoms. The van der Waals surface area contributed by atoms with Gasteiger partial charge in [-0.05, 0) is 37.3 Å². The Morgan fingerprint density at radius 2 is 2.05 bits per heavy atom. The Hall–Kier alpha value is -2.56. The van der Waals surface area contributed by atoms with E-state index >= 15 is 0 Å². The maximum absolute atomic E-state index is 12.1. The zero-order valence-electron chi connectivity index (χ0n) is 10.5. The Balaban J connectivity index is 2.19. The maximum atomic E-state index is 12.1. The summed E-state index contributed by atoms with van der Waals surface area (Å²) in [7, 11) is 0. The molecule has 0 atom stereocenters. The van der Waals surface area contributed by atoms with Crippen LogP contribution in [0.5, 0.6) is 0 Å². The molecule has 2 rings (SSSR count). The first-order chi connectivity index (χ1) is 9.11. The number of hydrogen-bond donors (Lipinski definition) is 2. The molecule has 2 N–H and O–H groups in total. The van der Waals surface area contributed by atoms with Crippen LogP contribution in [0.25, 0.3) is 0 Å². The average molecular weight is 258 g/mol. The number of rotatable bonds is 4. The maximum Gasteiger partial charge on any atom is 0.335 e. The fourth-order valence-electron chi connectivity index (χ4n) is 1.82. The molecule has 2 aromatic rings. The molecule has 1 aromatic carbocycles. The molecule has 0 radical (unpaired) electrons. The normalized spacial score (nSPS) is 10.2. The number of aryl methyl sites for hydroxylation is 1. The molecule has 0 bridgehead atoms. The molecule has 0 saturated heterocycles. The summed E-state index contributed by atoms with van der Waals surface area (Å²) in [5.41, 5.74) is 1.15.